The number of thiophene rings is 1. The first-order valence-corrected chi connectivity index (χ1v) is 10.7. The van der Waals surface area contributed by atoms with Gasteiger partial charge in [0.05, 0.1) is 11.3 Å². The number of anilines is 3. The third-order valence-corrected chi connectivity index (χ3v) is 5.85. The molecule has 31 heavy (non-hydrogen) atoms. The molecule has 6 nitrogen and oxygen atoms in total. The molecule has 0 spiro atoms. The molecular weight excluding hydrogens is 434 g/mol. The Kier molecular flexibility index (Phi) is 5.63. The largest absolute Gasteiger partial charge is 0.350 e. The molecule has 2 heterocycles. The van der Waals surface area contributed by atoms with Crippen molar-refractivity contribution in [2.75, 3.05) is 15.5 Å². The van der Waals surface area contributed by atoms with Gasteiger partial charge in [-0.3, -0.25) is 14.4 Å². The third kappa shape index (κ3) is 4.10. The van der Waals surface area contributed by atoms with Gasteiger partial charge in [0, 0.05) is 28.2 Å². The fourth-order valence-electron chi connectivity index (χ4n) is 3.37. The molecule has 156 valence electrons. The van der Waals surface area contributed by atoms with Crippen LogP contribution in [0.15, 0.2) is 65.7 Å². The molecule has 0 saturated carbocycles. The van der Waals surface area contributed by atoms with Gasteiger partial charge in [0.1, 0.15) is 5.70 Å². The van der Waals surface area contributed by atoms with E-state index in [1.54, 1.807) is 49.4 Å². The lowest BCUT2D eigenvalue weighted by Gasteiger charge is -2.18. The number of aryl methyl sites for hydroxylation is 1. The highest BCUT2D eigenvalue weighted by Crippen LogP contribution is 2.37. The summed E-state index contributed by atoms with van der Waals surface area (Å²) in [6.07, 6.45) is 0. The first kappa shape index (κ1) is 20.8. The second kappa shape index (κ2) is 8.37. The maximum atomic E-state index is 13.4. The topological polar surface area (TPSA) is 78.5 Å². The van der Waals surface area contributed by atoms with Crippen LogP contribution in [0.4, 0.5) is 17.1 Å². The van der Waals surface area contributed by atoms with Gasteiger partial charge in [0.25, 0.3) is 11.8 Å². The van der Waals surface area contributed by atoms with E-state index in [1.165, 1.54) is 23.2 Å². The Morgan fingerprint density at radius 3 is 2.32 bits per heavy atom. The van der Waals surface area contributed by atoms with Crippen LogP contribution >= 0.6 is 22.9 Å². The minimum absolute atomic E-state index is 0.172. The van der Waals surface area contributed by atoms with E-state index < -0.39 is 11.8 Å². The van der Waals surface area contributed by atoms with Gasteiger partial charge in [-0.25, -0.2) is 4.90 Å². The summed E-state index contributed by atoms with van der Waals surface area (Å²) in [7, 11) is 0. The molecule has 4 rings (SSSR count). The molecule has 1 aliphatic rings. The number of amides is 3. The Balaban J connectivity index is 1.73. The summed E-state index contributed by atoms with van der Waals surface area (Å²) in [5.41, 5.74) is 2.99. The van der Waals surface area contributed by atoms with Gasteiger partial charge in [-0.2, -0.15) is 0 Å². The zero-order valence-electron chi connectivity index (χ0n) is 16.7. The number of hydrogen-bond donors (Lipinski definition) is 2. The van der Waals surface area contributed by atoms with Crippen molar-refractivity contribution in [2.45, 2.75) is 13.8 Å². The van der Waals surface area contributed by atoms with Gasteiger partial charge in [-0.05, 0) is 66.4 Å². The smallest absolute Gasteiger partial charge is 0.282 e. The SMILES string of the molecule is CC(=O)Nc1ccc(NC2=C(c3cccs3)C(=O)N(c3ccc(Cl)cc3C)C2=O)cc1. The lowest BCUT2D eigenvalue weighted by Crippen LogP contribution is -2.32. The summed E-state index contributed by atoms with van der Waals surface area (Å²) in [4.78, 5) is 39.8. The van der Waals surface area contributed by atoms with Crippen LogP contribution in [0, 0.1) is 6.92 Å². The Morgan fingerprint density at radius 1 is 1.00 bits per heavy atom. The predicted molar refractivity (Wildman–Crippen MR) is 124 cm³/mol. The van der Waals surface area contributed by atoms with E-state index in [2.05, 4.69) is 10.6 Å². The highest BCUT2D eigenvalue weighted by Gasteiger charge is 2.41. The van der Waals surface area contributed by atoms with Crippen molar-refractivity contribution in [1.82, 2.24) is 0 Å². The lowest BCUT2D eigenvalue weighted by atomic mass is 10.1. The van der Waals surface area contributed by atoms with Crippen molar-refractivity contribution >= 4 is 63.3 Å². The Labute approximate surface area is 188 Å². The molecule has 0 radical (unpaired) electrons. The minimum Gasteiger partial charge on any atom is -0.350 e. The van der Waals surface area contributed by atoms with E-state index in [4.69, 9.17) is 11.6 Å². The number of carbonyl (C=O) groups excluding carboxylic acids is 3. The maximum Gasteiger partial charge on any atom is 0.282 e. The highest BCUT2D eigenvalue weighted by atomic mass is 35.5. The lowest BCUT2D eigenvalue weighted by molar-refractivity contribution is -0.120. The van der Waals surface area contributed by atoms with Crippen LogP contribution < -0.4 is 15.5 Å². The second-order valence-electron chi connectivity index (χ2n) is 6.99. The zero-order valence-corrected chi connectivity index (χ0v) is 18.3. The molecule has 3 amide bonds. The normalized spacial score (nSPS) is 13.7. The van der Waals surface area contributed by atoms with E-state index in [-0.39, 0.29) is 11.6 Å². The molecule has 0 unspecified atom stereocenters. The zero-order chi connectivity index (χ0) is 22.1. The summed E-state index contributed by atoms with van der Waals surface area (Å²) in [5.74, 6) is -1.01. The fraction of sp³-hybridized carbons (Fsp3) is 0.0870. The van der Waals surface area contributed by atoms with E-state index in [0.717, 1.165) is 5.56 Å². The van der Waals surface area contributed by atoms with Crippen LogP contribution in [-0.2, 0) is 14.4 Å². The van der Waals surface area contributed by atoms with E-state index in [1.807, 2.05) is 17.5 Å². The number of carbonyl (C=O) groups is 3. The molecule has 0 fully saturated rings. The van der Waals surface area contributed by atoms with Crippen molar-refractivity contribution < 1.29 is 14.4 Å². The quantitative estimate of drug-likeness (QED) is 0.531. The third-order valence-electron chi connectivity index (χ3n) is 4.73. The molecule has 8 heteroatoms. The first-order valence-electron chi connectivity index (χ1n) is 9.43. The summed E-state index contributed by atoms with van der Waals surface area (Å²) in [6, 6.07) is 15.6. The molecule has 3 aromatic rings. The Morgan fingerprint density at radius 2 is 1.71 bits per heavy atom. The molecule has 1 aromatic heterocycles. The van der Waals surface area contributed by atoms with Crippen molar-refractivity contribution in [1.29, 1.82) is 0 Å². The van der Waals surface area contributed by atoms with Crippen LogP contribution in [0.5, 0.6) is 0 Å². The van der Waals surface area contributed by atoms with Crippen LogP contribution in [0.25, 0.3) is 5.57 Å². The van der Waals surface area contributed by atoms with Gasteiger partial charge < -0.3 is 10.6 Å². The van der Waals surface area contributed by atoms with Crippen LogP contribution in [0.1, 0.15) is 17.4 Å². The molecule has 0 saturated heterocycles. The molecule has 0 aliphatic carbocycles. The Hall–Kier alpha value is -3.42. The van der Waals surface area contributed by atoms with Gasteiger partial charge in [-0.15, -0.1) is 11.3 Å². The van der Waals surface area contributed by atoms with Crippen molar-refractivity contribution in [2.24, 2.45) is 0 Å². The van der Waals surface area contributed by atoms with Gasteiger partial charge in [0.2, 0.25) is 5.91 Å². The second-order valence-corrected chi connectivity index (χ2v) is 8.37. The first-order chi connectivity index (χ1) is 14.8. The number of nitrogens with zero attached hydrogens (tertiary/aromatic N) is 1. The van der Waals surface area contributed by atoms with E-state index in [9.17, 15) is 14.4 Å². The van der Waals surface area contributed by atoms with Crippen molar-refractivity contribution in [3.63, 3.8) is 0 Å². The van der Waals surface area contributed by atoms with E-state index in [0.29, 0.717) is 32.5 Å². The van der Waals surface area contributed by atoms with Crippen LogP contribution in [0.3, 0.4) is 0 Å². The number of imide groups is 1. The highest BCUT2D eigenvalue weighted by molar-refractivity contribution is 7.11. The number of halogens is 1. The molecule has 0 atom stereocenters. The number of nitrogens with one attached hydrogen (secondary N) is 2. The number of hydrogen-bond acceptors (Lipinski definition) is 5. The summed E-state index contributed by atoms with van der Waals surface area (Å²) in [6.45, 7) is 3.24. The molecular formula is C23H18ClN3O3S. The molecule has 2 N–H and O–H groups in total. The molecule has 0 bridgehead atoms. The van der Waals surface area contributed by atoms with Crippen LogP contribution in [-0.4, -0.2) is 17.7 Å². The average Bonchev–Trinajstić information content (AvgIpc) is 3.31. The predicted octanol–water partition coefficient (Wildman–Crippen LogP) is 5.06. The fourth-order valence-corrected chi connectivity index (χ4v) is 4.36. The van der Waals surface area contributed by atoms with E-state index >= 15 is 0 Å². The average molecular weight is 452 g/mol. The number of rotatable bonds is 5. The summed E-state index contributed by atoms with van der Waals surface area (Å²) in [5, 5.41) is 8.19. The molecule has 1 aliphatic heterocycles. The van der Waals surface area contributed by atoms with Gasteiger partial charge in [-0.1, -0.05) is 17.7 Å². The van der Waals surface area contributed by atoms with Gasteiger partial charge in [0.15, 0.2) is 0 Å². The minimum atomic E-state index is -0.440. The summed E-state index contributed by atoms with van der Waals surface area (Å²) < 4.78 is 0. The van der Waals surface area contributed by atoms with Gasteiger partial charge >= 0.3 is 0 Å². The van der Waals surface area contributed by atoms with Crippen molar-refractivity contribution in [3.8, 4) is 0 Å². The summed E-state index contributed by atoms with van der Waals surface area (Å²) >= 11 is 7.44. The van der Waals surface area contributed by atoms with Crippen molar-refractivity contribution in [3.05, 3.63) is 81.1 Å². The monoisotopic (exact) mass is 451 g/mol. The standard InChI is InChI=1S/C23H18ClN3O3S/c1-13-12-15(24)5-10-18(13)27-22(29)20(19-4-3-11-31-19)21(23(27)30)26-17-8-6-16(7-9-17)25-14(2)28/h3-12,26H,1-2H3,(H,25,28). The Bertz CT molecular complexity index is 1220. The number of benzene rings is 2. The molecule has 2 aromatic carbocycles. The maximum absolute atomic E-state index is 13.4. The van der Waals surface area contributed by atoms with Crippen LogP contribution in [0.2, 0.25) is 5.02 Å².